The van der Waals surface area contributed by atoms with Crippen LogP contribution in [-0.2, 0) is 9.47 Å². The van der Waals surface area contributed by atoms with E-state index >= 15 is 0 Å². The van der Waals surface area contributed by atoms with Gasteiger partial charge in [0, 0.05) is 38.8 Å². The number of hydrogen-bond acceptors (Lipinski definition) is 4. The van der Waals surface area contributed by atoms with Gasteiger partial charge in [-0.15, -0.1) is 0 Å². The lowest BCUT2D eigenvalue weighted by Crippen LogP contribution is -2.46. The van der Waals surface area contributed by atoms with Crippen LogP contribution in [0.5, 0.6) is 0 Å². The lowest BCUT2D eigenvalue weighted by Gasteiger charge is -2.33. The monoisotopic (exact) mass is 216 g/mol. The Labute approximate surface area is 92.9 Å². The number of ether oxygens (including phenoxy) is 2. The molecule has 0 bridgehead atoms. The van der Waals surface area contributed by atoms with Crippen LogP contribution in [0.15, 0.2) is 0 Å². The molecule has 1 fully saturated rings. The van der Waals surface area contributed by atoms with Crippen LogP contribution in [0.2, 0.25) is 0 Å². The van der Waals surface area contributed by atoms with E-state index in [1.807, 2.05) is 6.92 Å². The fourth-order valence-corrected chi connectivity index (χ4v) is 1.73. The fourth-order valence-electron chi connectivity index (χ4n) is 1.73. The SMILES string of the molecule is CCOCCNCCN1CCOCC1C. The van der Waals surface area contributed by atoms with E-state index < -0.39 is 0 Å². The Hall–Kier alpha value is -0.160. The van der Waals surface area contributed by atoms with Gasteiger partial charge in [0.2, 0.25) is 0 Å². The summed E-state index contributed by atoms with van der Waals surface area (Å²) in [5.74, 6) is 0. The van der Waals surface area contributed by atoms with Crippen molar-refractivity contribution in [2.24, 2.45) is 0 Å². The minimum atomic E-state index is 0.562. The highest BCUT2D eigenvalue weighted by Crippen LogP contribution is 2.04. The smallest absolute Gasteiger partial charge is 0.0619 e. The molecule has 0 aromatic heterocycles. The van der Waals surface area contributed by atoms with Crippen molar-refractivity contribution in [2.45, 2.75) is 19.9 Å². The van der Waals surface area contributed by atoms with Gasteiger partial charge in [-0.05, 0) is 13.8 Å². The van der Waals surface area contributed by atoms with Gasteiger partial charge < -0.3 is 14.8 Å². The lowest BCUT2D eigenvalue weighted by molar-refractivity contribution is 0.000270. The highest BCUT2D eigenvalue weighted by Gasteiger charge is 2.17. The summed E-state index contributed by atoms with van der Waals surface area (Å²) in [6, 6.07) is 0.562. The average Bonchev–Trinajstić information content (AvgIpc) is 2.25. The van der Waals surface area contributed by atoms with E-state index in [9.17, 15) is 0 Å². The fraction of sp³-hybridized carbons (Fsp3) is 1.00. The van der Waals surface area contributed by atoms with Crippen LogP contribution in [-0.4, -0.2) is 63.5 Å². The van der Waals surface area contributed by atoms with Gasteiger partial charge >= 0.3 is 0 Å². The Bertz CT molecular complexity index is 156. The summed E-state index contributed by atoms with van der Waals surface area (Å²) in [5.41, 5.74) is 0. The maximum atomic E-state index is 5.39. The molecule has 0 saturated carbocycles. The van der Waals surface area contributed by atoms with Crippen molar-refractivity contribution in [2.75, 3.05) is 52.6 Å². The van der Waals surface area contributed by atoms with Crippen LogP contribution in [0.25, 0.3) is 0 Å². The normalized spacial score (nSPS) is 23.2. The molecule has 4 nitrogen and oxygen atoms in total. The summed E-state index contributed by atoms with van der Waals surface area (Å²) in [4.78, 5) is 2.47. The molecule has 0 aliphatic carbocycles. The number of rotatable bonds is 7. The minimum Gasteiger partial charge on any atom is -0.380 e. The third-order valence-corrected chi connectivity index (χ3v) is 2.71. The second kappa shape index (κ2) is 8.05. The van der Waals surface area contributed by atoms with E-state index in [0.29, 0.717) is 6.04 Å². The first kappa shape index (κ1) is 12.9. The highest BCUT2D eigenvalue weighted by atomic mass is 16.5. The van der Waals surface area contributed by atoms with Gasteiger partial charge in [-0.25, -0.2) is 0 Å². The topological polar surface area (TPSA) is 33.7 Å². The summed E-state index contributed by atoms with van der Waals surface area (Å²) < 4.78 is 10.6. The molecule has 0 spiro atoms. The maximum absolute atomic E-state index is 5.39. The molecular weight excluding hydrogens is 192 g/mol. The van der Waals surface area contributed by atoms with E-state index in [1.54, 1.807) is 0 Å². The zero-order chi connectivity index (χ0) is 10.9. The average molecular weight is 216 g/mol. The van der Waals surface area contributed by atoms with Gasteiger partial charge in [-0.1, -0.05) is 0 Å². The zero-order valence-electron chi connectivity index (χ0n) is 10.00. The Morgan fingerprint density at radius 3 is 3.07 bits per heavy atom. The highest BCUT2D eigenvalue weighted by molar-refractivity contribution is 4.71. The zero-order valence-corrected chi connectivity index (χ0v) is 10.00. The van der Waals surface area contributed by atoms with E-state index in [0.717, 1.165) is 52.6 Å². The standard InChI is InChI=1S/C11H24N2O2/c1-3-14-8-5-12-4-6-13-7-9-15-10-11(13)2/h11-12H,3-10H2,1-2H3. The van der Waals surface area contributed by atoms with Crippen LogP contribution in [0, 0.1) is 0 Å². The van der Waals surface area contributed by atoms with Crippen LogP contribution < -0.4 is 5.32 Å². The summed E-state index contributed by atoms with van der Waals surface area (Å²) in [5, 5.41) is 3.38. The van der Waals surface area contributed by atoms with Gasteiger partial charge in [0.05, 0.1) is 19.8 Å². The molecule has 0 aromatic carbocycles. The Kier molecular flexibility index (Phi) is 6.92. The van der Waals surface area contributed by atoms with Crippen molar-refractivity contribution >= 4 is 0 Å². The molecule has 1 aliphatic rings. The molecule has 90 valence electrons. The molecular formula is C11H24N2O2. The predicted octanol–water partition coefficient (Wildman–Crippen LogP) is 0.333. The molecule has 0 aromatic rings. The first-order valence-electron chi connectivity index (χ1n) is 5.95. The second-order valence-corrected chi connectivity index (χ2v) is 3.91. The molecule has 15 heavy (non-hydrogen) atoms. The molecule has 1 rings (SSSR count). The van der Waals surface area contributed by atoms with Crippen LogP contribution in [0.4, 0.5) is 0 Å². The second-order valence-electron chi connectivity index (χ2n) is 3.91. The minimum absolute atomic E-state index is 0.562. The number of nitrogens with zero attached hydrogens (tertiary/aromatic N) is 1. The molecule has 0 amide bonds. The van der Waals surface area contributed by atoms with Crippen LogP contribution in [0.1, 0.15) is 13.8 Å². The van der Waals surface area contributed by atoms with Crippen molar-refractivity contribution in [3.05, 3.63) is 0 Å². The predicted molar refractivity (Wildman–Crippen MR) is 61.2 cm³/mol. The largest absolute Gasteiger partial charge is 0.380 e. The number of morpholine rings is 1. The van der Waals surface area contributed by atoms with E-state index in [-0.39, 0.29) is 0 Å². The molecule has 1 saturated heterocycles. The number of hydrogen-bond donors (Lipinski definition) is 1. The lowest BCUT2D eigenvalue weighted by atomic mass is 10.2. The van der Waals surface area contributed by atoms with Crippen molar-refractivity contribution in [1.29, 1.82) is 0 Å². The third kappa shape index (κ3) is 5.47. The maximum Gasteiger partial charge on any atom is 0.0619 e. The third-order valence-electron chi connectivity index (χ3n) is 2.71. The molecule has 1 N–H and O–H groups in total. The quantitative estimate of drug-likeness (QED) is 0.622. The molecule has 1 aliphatic heterocycles. The van der Waals surface area contributed by atoms with Gasteiger partial charge in [0.15, 0.2) is 0 Å². The van der Waals surface area contributed by atoms with Gasteiger partial charge in [-0.2, -0.15) is 0 Å². The Morgan fingerprint density at radius 2 is 2.33 bits per heavy atom. The Balaban J connectivity index is 1.94. The van der Waals surface area contributed by atoms with Gasteiger partial charge in [0.1, 0.15) is 0 Å². The molecule has 1 unspecified atom stereocenters. The van der Waals surface area contributed by atoms with Crippen molar-refractivity contribution in [3.63, 3.8) is 0 Å². The van der Waals surface area contributed by atoms with E-state index in [2.05, 4.69) is 17.1 Å². The first-order valence-corrected chi connectivity index (χ1v) is 5.95. The van der Waals surface area contributed by atoms with Crippen LogP contribution in [0.3, 0.4) is 0 Å². The summed E-state index contributed by atoms with van der Waals surface area (Å²) in [7, 11) is 0. The van der Waals surface area contributed by atoms with Gasteiger partial charge in [-0.3, -0.25) is 4.90 Å². The summed E-state index contributed by atoms with van der Waals surface area (Å²) >= 11 is 0. The molecule has 0 radical (unpaired) electrons. The van der Waals surface area contributed by atoms with Crippen LogP contribution >= 0.6 is 0 Å². The van der Waals surface area contributed by atoms with Gasteiger partial charge in [0.25, 0.3) is 0 Å². The van der Waals surface area contributed by atoms with Crippen molar-refractivity contribution in [3.8, 4) is 0 Å². The molecule has 1 heterocycles. The summed E-state index contributed by atoms with van der Waals surface area (Å²) in [6.07, 6.45) is 0. The van der Waals surface area contributed by atoms with E-state index in [1.165, 1.54) is 0 Å². The summed E-state index contributed by atoms with van der Waals surface area (Å²) in [6.45, 7) is 11.8. The molecule has 1 atom stereocenters. The van der Waals surface area contributed by atoms with E-state index in [4.69, 9.17) is 9.47 Å². The van der Waals surface area contributed by atoms with Crippen molar-refractivity contribution in [1.82, 2.24) is 10.2 Å². The molecule has 4 heteroatoms. The number of nitrogens with one attached hydrogen (secondary N) is 1. The first-order chi connectivity index (χ1) is 7.34. The van der Waals surface area contributed by atoms with Crippen molar-refractivity contribution < 1.29 is 9.47 Å². The Morgan fingerprint density at radius 1 is 1.47 bits per heavy atom.